The van der Waals surface area contributed by atoms with E-state index in [9.17, 15) is 13.2 Å². The molecular weight excluding hydrogens is 376 g/mol. The fourth-order valence-electron chi connectivity index (χ4n) is 5.06. The minimum absolute atomic E-state index is 0.279. The number of sulfone groups is 1. The zero-order valence-electron chi connectivity index (χ0n) is 17.6. The zero-order valence-corrected chi connectivity index (χ0v) is 18.4. The van der Waals surface area contributed by atoms with E-state index in [0.29, 0.717) is 35.5 Å². The topological polar surface area (TPSA) is 80.7 Å². The molecule has 6 heteroatoms. The molecule has 2 rings (SSSR count). The van der Waals surface area contributed by atoms with E-state index in [0.717, 1.165) is 64.2 Å². The number of aliphatic carboxylic acids is 1. The van der Waals surface area contributed by atoms with Crippen molar-refractivity contribution >= 4 is 15.8 Å². The van der Waals surface area contributed by atoms with Gasteiger partial charge in [0.1, 0.15) is 9.84 Å². The Morgan fingerprint density at radius 2 is 1.39 bits per heavy atom. The van der Waals surface area contributed by atoms with Crippen molar-refractivity contribution in [2.75, 3.05) is 11.5 Å². The van der Waals surface area contributed by atoms with Crippen LogP contribution in [0.15, 0.2) is 0 Å². The second-order valence-corrected chi connectivity index (χ2v) is 11.1. The Morgan fingerprint density at radius 1 is 0.857 bits per heavy atom. The molecule has 0 aliphatic carbocycles. The summed E-state index contributed by atoms with van der Waals surface area (Å²) >= 11 is 0. The van der Waals surface area contributed by atoms with Gasteiger partial charge in [0.25, 0.3) is 0 Å². The lowest BCUT2D eigenvalue weighted by atomic mass is 9.74. The Bertz CT molecular complexity index is 559. The highest BCUT2D eigenvalue weighted by Crippen LogP contribution is 2.47. The number of carbonyl (C=O) groups is 1. The summed E-state index contributed by atoms with van der Waals surface area (Å²) < 4.78 is 30.4. The molecule has 28 heavy (non-hydrogen) atoms. The van der Waals surface area contributed by atoms with E-state index in [4.69, 9.17) is 9.84 Å². The van der Waals surface area contributed by atoms with Crippen LogP contribution in [0.3, 0.4) is 0 Å². The fraction of sp³-hybridized carbons (Fsp3) is 0.955. The van der Waals surface area contributed by atoms with Crippen LogP contribution in [0.1, 0.15) is 96.8 Å². The van der Waals surface area contributed by atoms with Crippen LogP contribution in [-0.2, 0) is 19.4 Å². The van der Waals surface area contributed by atoms with Crippen LogP contribution < -0.4 is 0 Å². The SMILES string of the molecule is CCCCCS(=O)(=O)CCCC[C@H]1[C@@H](CCCCCCC(=O)O)[C@H]2CC[C@@H]1O2. The van der Waals surface area contributed by atoms with E-state index in [1.54, 1.807) is 0 Å². The van der Waals surface area contributed by atoms with Crippen LogP contribution in [0.4, 0.5) is 0 Å². The van der Waals surface area contributed by atoms with E-state index in [-0.39, 0.29) is 6.42 Å². The van der Waals surface area contributed by atoms with E-state index >= 15 is 0 Å². The molecule has 2 fully saturated rings. The van der Waals surface area contributed by atoms with Crippen molar-refractivity contribution in [3.05, 3.63) is 0 Å². The molecular formula is C22H40O5S. The molecule has 4 atom stereocenters. The summed E-state index contributed by atoms with van der Waals surface area (Å²) in [7, 11) is -2.88. The third-order valence-corrected chi connectivity index (χ3v) is 8.39. The molecule has 0 unspecified atom stereocenters. The van der Waals surface area contributed by atoms with Gasteiger partial charge >= 0.3 is 5.97 Å². The average molecular weight is 417 g/mol. The molecule has 0 radical (unpaired) electrons. The molecule has 164 valence electrons. The van der Waals surface area contributed by atoms with Gasteiger partial charge in [0.15, 0.2) is 0 Å². The van der Waals surface area contributed by atoms with Gasteiger partial charge in [0, 0.05) is 6.42 Å². The molecule has 2 bridgehead atoms. The predicted molar refractivity (Wildman–Crippen MR) is 112 cm³/mol. The van der Waals surface area contributed by atoms with Crippen molar-refractivity contribution < 1.29 is 23.1 Å². The summed E-state index contributed by atoms with van der Waals surface area (Å²) in [6.07, 6.45) is 14.3. The Hall–Kier alpha value is -0.620. The average Bonchev–Trinajstić information content (AvgIpc) is 3.23. The number of fused-ring (bicyclic) bond motifs is 2. The molecule has 0 aromatic rings. The lowest BCUT2D eigenvalue weighted by Gasteiger charge is -2.28. The summed E-state index contributed by atoms with van der Waals surface area (Å²) in [5.41, 5.74) is 0. The standard InChI is InChI=1S/C22H40O5S/c1-2-3-9-16-28(25,26)17-10-8-12-19-18(20-14-15-21(19)27-20)11-6-4-5-7-13-22(23)24/h18-21H,2-17H2,1H3,(H,23,24)/t18-,19+,20-,21+/m1/s1. The summed E-state index contributed by atoms with van der Waals surface area (Å²) in [5.74, 6) is 1.21. The van der Waals surface area contributed by atoms with E-state index in [1.807, 2.05) is 0 Å². The number of rotatable bonds is 16. The Morgan fingerprint density at radius 3 is 1.96 bits per heavy atom. The van der Waals surface area contributed by atoms with Crippen molar-refractivity contribution in [2.45, 2.75) is 109 Å². The quantitative estimate of drug-likeness (QED) is 0.359. The molecule has 0 aromatic carbocycles. The Kier molecular flexibility index (Phi) is 10.3. The highest BCUT2D eigenvalue weighted by atomic mass is 32.2. The Labute approximate surface area is 171 Å². The van der Waals surface area contributed by atoms with Gasteiger partial charge in [-0.05, 0) is 56.8 Å². The Balaban J connectivity index is 1.64. The maximum Gasteiger partial charge on any atom is 0.303 e. The third-order valence-electron chi connectivity index (χ3n) is 6.57. The minimum atomic E-state index is -2.88. The van der Waals surface area contributed by atoms with Gasteiger partial charge in [-0.3, -0.25) is 4.79 Å². The molecule has 0 spiro atoms. The molecule has 2 heterocycles. The fourth-order valence-corrected chi connectivity index (χ4v) is 6.55. The smallest absolute Gasteiger partial charge is 0.303 e. The van der Waals surface area contributed by atoms with Crippen LogP contribution in [0.25, 0.3) is 0 Å². The number of ether oxygens (including phenoxy) is 1. The van der Waals surface area contributed by atoms with Gasteiger partial charge < -0.3 is 9.84 Å². The van der Waals surface area contributed by atoms with Crippen LogP contribution >= 0.6 is 0 Å². The highest BCUT2D eigenvalue weighted by molar-refractivity contribution is 7.91. The van der Waals surface area contributed by atoms with Gasteiger partial charge in [0.2, 0.25) is 0 Å². The van der Waals surface area contributed by atoms with E-state index < -0.39 is 15.8 Å². The molecule has 2 aliphatic heterocycles. The van der Waals surface area contributed by atoms with Crippen molar-refractivity contribution in [2.24, 2.45) is 11.8 Å². The lowest BCUT2D eigenvalue weighted by Crippen LogP contribution is -2.27. The largest absolute Gasteiger partial charge is 0.481 e. The van der Waals surface area contributed by atoms with Crippen LogP contribution in [0.5, 0.6) is 0 Å². The molecule has 0 saturated carbocycles. The molecule has 0 aromatic heterocycles. The second kappa shape index (κ2) is 12.2. The zero-order chi connectivity index (χ0) is 20.4. The maximum atomic E-state index is 12.1. The first kappa shape index (κ1) is 23.7. The molecule has 2 aliphatic rings. The molecule has 1 N–H and O–H groups in total. The number of carboxylic acids is 1. The normalized spacial score (nSPS) is 26.8. The highest BCUT2D eigenvalue weighted by Gasteiger charge is 2.47. The van der Waals surface area contributed by atoms with Crippen molar-refractivity contribution in [1.29, 1.82) is 0 Å². The van der Waals surface area contributed by atoms with Crippen molar-refractivity contribution in [1.82, 2.24) is 0 Å². The van der Waals surface area contributed by atoms with Crippen LogP contribution in [0, 0.1) is 11.8 Å². The lowest BCUT2D eigenvalue weighted by molar-refractivity contribution is -0.137. The van der Waals surface area contributed by atoms with Gasteiger partial charge in [0.05, 0.1) is 23.7 Å². The van der Waals surface area contributed by atoms with Gasteiger partial charge in [-0.2, -0.15) is 0 Å². The number of hydrogen-bond acceptors (Lipinski definition) is 4. The summed E-state index contributed by atoms with van der Waals surface area (Å²) in [5, 5.41) is 8.70. The third kappa shape index (κ3) is 8.02. The van der Waals surface area contributed by atoms with Crippen molar-refractivity contribution in [3.63, 3.8) is 0 Å². The maximum absolute atomic E-state index is 12.1. The molecule has 5 nitrogen and oxygen atoms in total. The first-order valence-corrected chi connectivity index (χ1v) is 13.3. The summed E-state index contributed by atoms with van der Waals surface area (Å²) in [6.45, 7) is 2.09. The van der Waals surface area contributed by atoms with E-state index in [2.05, 4.69) is 6.92 Å². The van der Waals surface area contributed by atoms with Gasteiger partial charge in [-0.25, -0.2) is 8.42 Å². The monoisotopic (exact) mass is 416 g/mol. The number of carboxylic acid groups (broad SMARTS) is 1. The molecule has 0 amide bonds. The minimum Gasteiger partial charge on any atom is -0.481 e. The van der Waals surface area contributed by atoms with Crippen LogP contribution in [0.2, 0.25) is 0 Å². The summed E-state index contributed by atoms with van der Waals surface area (Å²) in [6, 6.07) is 0. The number of unbranched alkanes of at least 4 members (excludes halogenated alkanes) is 6. The second-order valence-electron chi connectivity index (χ2n) is 8.82. The summed E-state index contributed by atoms with van der Waals surface area (Å²) in [4.78, 5) is 10.6. The first-order valence-electron chi connectivity index (χ1n) is 11.5. The first-order chi connectivity index (χ1) is 13.4. The molecule has 2 saturated heterocycles. The number of hydrogen-bond donors (Lipinski definition) is 1. The van der Waals surface area contributed by atoms with Gasteiger partial charge in [-0.1, -0.05) is 45.4 Å². The predicted octanol–water partition coefficient (Wildman–Crippen LogP) is 4.98. The van der Waals surface area contributed by atoms with Gasteiger partial charge in [-0.15, -0.1) is 0 Å². The van der Waals surface area contributed by atoms with Crippen LogP contribution in [-0.4, -0.2) is 43.2 Å². The van der Waals surface area contributed by atoms with E-state index in [1.165, 1.54) is 19.3 Å². The van der Waals surface area contributed by atoms with Crippen molar-refractivity contribution in [3.8, 4) is 0 Å².